The van der Waals surface area contributed by atoms with Crippen molar-refractivity contribution in [3.8, 4) is 0 Å². The highest BCUT2D eigenvalue weighted by molar-refractivity contribution is 5.45. The van der Waals surface area contributed by atoms with E-state index >= 15 is 0 Å². The van der Waals surface area contributed by atoms with Crippen LogP contribution in [-0.4, -0.2) is 41.5 Å². The lowest BCUT2D eigenvalue weighted by Gasteiger charge is -2.26. The Balaban J connectivity index is 2.78. The van der Waals surface area contributed by atoms with Crippen molar-refractivity contribution < 1.29 is 0 Å². The van der Waals surface area contributed by atoms with Crippen LogP contribution in [0.3, 0.4) is 0 Å². The number of aryl methyl sites for hydroxylation is 1. The molecule has 0 saturated heterocycles. The van der Waals surface area contributed by atoms with Crippen LogP contribution in [0.5, 0.6) is 0 Å². The van der Waals surface area contributed by atoms with Gasteiger partial charge < -0.3 is 16.0 Å². The predicted molar refractivity (Wildman–Crippen MR) is 72.0 cm³/mol. The molecule has 1 unspecified atom stereocenters. The van der Waals surface area contributed by atoms with Gasteiger partial charge in [-0.1, -0.05) is 13.8 Å². The van der Waals surface area contributed by atoms with Gasteiger partial charge >= 0.3 is 0 Å². The van der Waals surface area contributed by atoms with Crippen LogP contribution >= 0.6 is 0 Å². The number of nitrogens with one attached hydrogen (secondary N) is 1. The molecule has 0 bridgehead atoms. The van der Waals surface area contributed by atoms with E-state index in [0.717, 1.165) is 12.4 Å². The smallest absolute Gasteiger partial charge is 0.132 e. The van der Waals surface area contributed by atoms with Crippen LogP contribution < -0.4 is 11.1 Å². The number of hydrogen-bond donors (Lipinski definition) is 2. The van der Waals surface area contributed by atoms with Crippen molar-refractivity contribution >= 4 is 11.6 Å². The first-order chi connectivity index (χ1) is 7.88. The summed E-state index contributed by atoms with van der Waals surface area (Å²) in [5.41, 5.74) is 5.71. The van der Waals surface area contributed by atoms with Crippen LogP contribution in [0, 0.1) is 12.8 Å². The Morgan fingerprint density at radius 1 is 1.35 bits per heavy atom. The SMILES string of the molecule is Cc1nc(N)cc(NC(CN(C)C)C(C)C)n1. The minimum Gasteiger partial charge on any atom is -0.384 e. The van der Waals surface area contributed by atoms with E-state index in [-0.39, 0.29) is 0 Å². The van der Waals surface area contributed by atoms with Crippen LogP contribution in [-0.2, 0) is 0 Å². The van der Waals surface area contributed by atoms with Crippen LogP contribution in [0.25, 0.3) is 0 Å². The minimum atomic E-state index is 0.346. The van der Waals surface area contributed by atoms with Gasteiger partial charge in [0.1, 0.15) is 17.5 Å². The zero-order valence-electron chi connectivity index (χ0n) is 11.4. The fraction of sp³-hybridized carbons (Fsp3) is 0.667. The van der Waals surface area contributed by atoms with Gasteiger partial charge in [-0.05, 0) is 26.9 Å². The summed E-state index contributed by atoms with van der Waals surface area (Å²) in [5.74, 6) is 2.52. The molecule has 0 saturated carbocycles. The Morgan fingerprint density at radius 3 is 2.47 bits per heavy atom. The molecule has 0 spiro atoms. The van der Waals surface area contributed by atoms with E-state index in [1.54, 1.807) is 6.07 Å². The largest absolute Gasteiger partial charge is 0.384 e. The van der Waals surface area contributed by atoms with E-state index in [1.807, 2.05) is 6.92 Å². The summed E-state index contributed by atoms with van der Waals surface area (Å²) in [6.07, 6.45) is 0. The van der Waals surface area contributed by atoms with Crippen molar-refractivity contribution in [3.63, 3.8) is 0 Å². The Kier molecular flexibility index (Phi) is 4.69. The maximum Gasteiger partial charge on any atom is 0.132 e. The number of nitrogen functional groups attached to an aromatic ring is 1. The van der Waals surface area contributed by atoms with Gasteiger partial charge in [-0.15, -0.1) is 0 Å². The highest BCUT2D eigenvalue weighted by atomic mass is 15.1. The van der Waals surface area contributed by atoms with E-state index in [9.17, 15) is 0 Å². The van der Waals surface area contributed by atoms with E-state index in [0.29, 0.717) is 23.6 Å². The van der Waals surface area contributed by atoms with Gasteiger partial charge in [-0.25, -0.2) is 9.97 Å². The molecule has 0 radical (unpaired) electrons. The predicted octanol–water partition coefficient (Wildman–Crippen LogP) is 1.37. The highest BCUT2D eigenvalue weighted by Crippen LogP contribution is 2.13. The van der Waals surface area contributed by atoms with Gasteiger partial charge in [0.2, 0.25) is 0 Å². The summed E-state index contributed by atoms with van der Waals surface area (Å²) in [7, 11) is 4.13. The third-order valence-electron chi connectivity index (χ3n) is 2.56. The average molecular weight is 237 g/mol. The number of likely N-dealkylation sites (N-methyl/N-ethyl adjacent to an activating group) is 1. The molecule has 0 fully saturated rings. The number of nitrogens with two attached hydrogens (primary N) is 1. The molecule has 0 aliphatic heterocycles. The lowest BCUT2D eigenvalue weighted by molar-refractivity contribution is 0.344. The number of anilines is 2. The molecule has 0 aliphatic carbocycles. The highest BCUT2D eigenvalue weighted by Gasteiger charge is 2.15. The van der Waals surface area contributed by atoms with Crippen LogP contribution in [0.1, 0.15) is 19.7 Å². The van der Waals surface area contributed by atoms with Crippen LogP contribution in [0.2, 0.25) is 0 Å². The standard InChI is InChI=1S/C12H23N5/c1-8(2)10(7-17(4)5)16-12-6-11(13)14-9(3)15-12/h6,8,10H,7H2,1-5H3,(H3,13,14,15,16). The molecule has 5 heteroatoms. The first-order valence-corrected chi connectivity index (χ1v) is 5.91. The Morgan fingerprint density at radius 2 is 2.00 bits per heavy atom. The fourth-order valence-corrected chi connectivity index (χ4v) is 1.67. The third-order valence-corrected chi connectivity index (χ3v) is 2.56. The van der Waals surface area contributed by atoms with Gasteiger partial charge in [0, 0.05) is 18.7 Å². The first-order valence-electron chi connectivity index (χ1n) is 5.91. The van der Waals surface area contributed by atoms with Crippen molar-refractivity contribution in [3.05, 3.63) is 11.9 Å². The molecule has 1 aromatic heterocycles. The van der Waals surface area contributed by atoms with Crippen LogP contribution in [0.15, 0.2) is 6.07 Å². The summed E-state index contributed by atoms with van der Waals surface area (Å²) < 4.78 is 0. The van der Waals surface area contributed by atoms with Gasteiger partial charge in [-0.2, -0.15) is 0 Å². The second-order valence-electron chi connectivity index (χ2n) is 4.98. The number of rotatable bonds is 5. The summed E-state index contributed by atoms with van der Waals surface area (Å²) in [5, 5.41) is 3.42. The van der Waals surface area contributed by atoms with E-state index in [4.69, 9.17) is 5.73 Å². The molecule has 1 atom stereocenters. The first kappa shape index (κ1) is 13.7. The summed E-state index contributed by atoms with van der Waals surface area (Å²) in [6, 6.07) is 2.12. The molecule has 0 amide bonds. The van der Waals surface area contributed by atoms with Crippen molar-refractivity contribution in [2.45, 2.75) is 26.8 Å². The van der Waals surface area contributed by atoms with Gasteiger partial charge in [0.05, 0.1) is 0 Å². The molecule has 0 aliphatic rings. The van der Waals surface area contributed by atoms with Crippen molar-refractivity contribution in [2.24, 2.45) is 5.92 Å². The van der Waals surface area contributed by atoms with Crippen LogP contribution in [0.4, 0.5) is 11.6 Å². The number of aromatic nitrogens is 2. The monoisotopic (exact) mass is 237 g/mol. The molecular formula is C12H23N5. The topological polar surface area (TPSA) is 67.1 Å². The lowest BCUT2D eigenvalue weighted by Crippen LogP contribution is -2.36. The fourth-order valence-electron chi connectivity index (χ4n) is 1.67. The Hall–Kier alpha value is -1.36. The van der Waals surface area contributed by atoms with E-state index < -0.39 is 0 Å². The number of nitrogens with zero attached hydrogens (tertiary/aromatic N) is 3. The van der Waals surface area contributed by atoms with Crippen molar-refractivity contribution in [2.75, 3.05) is 31.7 Å². The molecule has 5 nitrogen and oxygen atoms in total. The molecule has 1 rings (SSSR count). The van der Waals surface area contributed by atoms with Crippen molar-refractivity contribution in [1.82, 2.24) is 14.9 Å². The Bertz CT molecular complexity index is 342. The zero-order valence-corrected chi connectivity index (χ0v) is 11.4. The molecule has 1 heterocycles. The third kappa shape index (κ3) is 4.56. The van der Waals surface area contributed by atoms with E-state index in [1.165, 1.54) is 0 Å². The molecule has 1 aromatic rings. The lowest BCUT2D eigenvalue weighted by atomic mass is 10.0. The second kappa shape index (κ2) is 5.82. The quantitative estimate of drug-likeness (QED) is 0.809. The second-order valence-corrected chi connectivity index (χ2v) is 4.98. The molecule has 3 N–H and O–H groups in total. The van der Waals surface area contributed by atoms with Gasteiger partial charge in [-0.3, -0.25) is 0 Å². The number of hydrogen-bond acceptors (Lipinski definition) is 5. The molecule has 96 valence electrons. The molecule has 17 heavy (non-hydrogen) atoms. The molecule has 0 aromatic carbocycles. The van der Waals surface area contributed by atoms with Crippen molar-refractivity contribution in [1.29, 1.82) is 0 Å². The zero-order chi connectivity index (χ0) is 13.0. The van der Waals surface area contributed by atoms with Gasteiger partial charge in [0.25, 0.3) is 0 Å². The minimum absolute atomic E-state index is 0.346. The Labute approximate surface area is 103 Å². The van der Waals surface area contributed by atoms with Gasteiger partial charge in [0.15, 0.2) is 0 Å². The van der Waals surface area contributed by atoms with E-state index in [2.05, 4.69) is 48.1 Å². The maximum atomic E-state index is 5.71. The normalized spacial score (nSPS) is 13.1. The molecular weight excluding hydrogens is 214 g/mol. The average Bonchev–Trinajstić information content (AvgIpc) is 2.13. The summed E-state index contributed by atoms with van der Waals surface area (Å²) >= 11 is 0. The summed E-state index contributed by atoms with van der Waals surface area (Å²) in [4.78, 5) is 10.6. The summed E-state index contributed by atoms with van der Waals surface area (Å²) in [6.45, 7) is 7.19. The maximum absolute atomic E-state index is 5.71.